The zero-order chi connectivity index (χ0) is 7.11. The second-order valence-corrected chi connectivity index (χ2v) is 2.38. The van der Waals surface area contributed by atoms with Crippen molar-refractivity contribution in [3.05, 3.63) is 0 Å². The number of hydrogen-bond acceptors (Lipinski definition) is 2. The summed E-state index contributed by atoms with van der Waals surface area (Å²) in [4.78, 5) is 9.94. The van der Waals surface area contributed by atoms with Crippen LogP contribution in [0, 0.1) is 0 Å². The summed E-state index contributed by atoms with van der Waals surface area (Å²) in [5, 5.41) is 8.19. The van der Waals surface area contributed by atoms with E-state index >= 15 is 0 Å². The molecule has 0 aliphatic heterocycles. The predicted molar refractivity (Wildman–Crippen MR) is 47.1 cm³/mol. The molecule has 56 valence electrons. The van der Waals surface area contributed by atoms with Crippen molar-refractivity contribution in [2.45, 2.75) is 25.7 Å². The number of unbranched alkanes of at least 4 members (excludes halogenated alkanes) is 2. The van der Waals surface area contributed by atoms with Gasteiger partial charge in [0.2, 0.25) is 0 Å². The second-order valence-electron chi connectivity index (χ2n) is 1.93. The minimum absolute atomic E-state index is 0. The third kappa shape index (κ3) is 11.6. The summed E-state index contributed by atoms with van der Waals surface area (Å²) in [5.41, 5.74) is 0. The summed E-state index contributed by atoms with van der Waals surface area (Å²) in [6.07, 6.45) is 3.09. The van der Waals surface area contributed by atoms with Gasteiger partial charge in [0.25, 0.3) is 0 Å². The number of thiol groups is 1. The van der Waals surface area contributed by atoms with Crippen molar-refractivity contribution in [2.24, 2.45) is 0 Å². The van der Waals surface area contributed by atoms with Crippen LogP contribution in [0.2, 0.25) is 0 Å². The normalized spacial score (nSPS) is 8.50. The van der Waals surface area contributed by atoms with Gasteiger partial charge in [-0.1, -0.05) is 6.42 Å². The van der Waals surface area contributed by atoms with Crippen LogP contribution >= 0.6 is 12.6 Å². The quantitative estimate of drug-likeness (QED) is 0.367. The average molecular weight is 172 g/mol. The number of rotatable bonds is 5. The topological polar surface area (TPSA) is 37.3 Å². The summed E-state index contributed by atoms with van der Waals surface area (Å²) in [6.45, 7) is 0. The Balaban J connectivity index is 0. The molecule has 0 spiro atoms. The van der Waals surface area contributed by atoms with Gasteiger partial charge in [0, 0.05) is 6.42 Å². The molecule has 10 heavy (non-hydrogen) atoms. The molecule has 0 amide bonds. The first-order valence-corrected chi connectivity index (χ1v) is 3.73. The van der Waals surface area contributed by atoms with Gasteiger partial charge in [0.15, 0.2) is 0 Å². The van der Waals surface area contributed by atoms with E-state index in [4.69, 9.17) is 5.11 Å². The van der Waals surface area contributed by atoms with Crippen molar-refractivity contribution in [1.82, 2.24) is 0 Å². The van der Waals surface area contributed by atoms with Gasteiger partial charge in [-0.25, -0.2) is 0 Å². The van der Waals surface area contributed by atoms with Crippen LogP contribution in [0.5, 0.6) is 0 Å². The van der Waals surface area contributed by atoms with Gasteiger partial charge in [0.05, 0.1) is 0 Å². The summed E-state index contributed by atoms with van der Waals surface area (Å²) < 4.78 is 0. The van der Waals surface area contributed by atoms with Gasteiger partial charge in [-0.3, -0.25) is 4.79 Å². The first kappa shape index (κ1) is 13.4. The fourth-order valence-corrected chi connectivity index (χ4v) is 0.788. The molecule has 0 radical (unpaired) electrons. The molecule has 2 nitrogen and oxygen atoms in total. The Morgan fingerprint density at radius 3 is 2.30 bits per heavy atom. The standard InChI is InChI=1S/C6H12O2S.Na.H/c7-6(8)4-2-1-3-5-9;;/h9H,1-5H2,(H,7,8);;. The molecule has 0 fully saturated rings. The molecule has 1 N–H and O–H groups in total. The van der Waals surface area contributed by atoms with Crippen LogP contribution in [0.1, 0.15) is 25.7 Å². The van der Waals surface area contributed by atoms with Crippen molar-refractivity contribution >= 4 is 48.2 Å². The van der Waals surface area contributed by atoms with Crippen LogP contribution in [0.15, 0.2) is 0 Å². The van der Waals surface area contributed by atoms with Crippen molar-refractivity contribution in [1.29, 1.82) is 0 Å². The number of hydrogen-bond donors (Lipinski definition) is 2. The maximum atomic E-state index is 9.94. The molecule has 0 aromatic carbocycles. The van der Waals surface area contributed by atoms with E-state index in [9.17, 15) is 4.79 Å². The molecule has 0 rings (SSSR count). The van der Waals surface area contributed by atoms with Crippen LogP contribution < -0.4 is 0 Å². The molecule has 0 heterocycles. The van der Waals surface area contributed by atoms with Gasteiger partial charge in [-0.05, 0) is 18.6 Å². The molecule has 0 saturated carbocycles. The van der Waals surface area contributed by atoms with Gasteiger partial charge in [0.1, 0.15) is 0 Å². The van der Waals surface area contributed by atoms with E-state index in [1.165, 1.54) is 0 Å². The molecule has 0 aliphatic rings. The molecule has 0 saturated heterocycles. The van der Waals surface area contributed by atoms with Crippen LogP contribution in [-0.4, -0.2) is 46.4 Å². The van der Waals surface area contributed by atoms with Gasteiger partial charge >= 0.3 is 35.5 Å². The fraction of sp³-hybridized carbons (Fsp3) is 0.833. The van der Waals surface area contributed by atoms with Crippen molar-refractivity contribution < 1.29 is 9.90 Å². The Labute approximate surface area is 89.1 Å². The molecule has 0 aromatic rings. The molecular weight excluding hydrogens is 159 g/mol. The molecule has 0 unspecified atom stereocenters. The maximum absolute atomic E-state index is 9.94. The van der Waals surface area contributed by atoms with Crippen LogP contribution in [0.25, 0.3) is 0 Å². The average Bonchev–Trinajstić information content (AvgIpc) is 1.80. The summed E-state index contributed by atoms with van der Waals surface area (Å²) in [6, 6.07) is 0. The first-order valence-electron chi connectivity index (χ1n) is 3.10. The molecule has 4 heteroatoms. The molecule has 0 atom stereocenters. The SMILES string of the molecule is O=C(O)CCCCCS.[NaH]. The Kier molecular flexibility index (Phi) is 13.2. The van der Waals surface area contributed by atoms with Crippen LogP contribution in [-0.2, 0) is 4.79 Å². The van der Waals surface area contributed by atoms with Crippen molar-refractivity contribution in [2.75, 3.05) is 5.75 Å². The van der Waals surface area contributed by atoms with E-state index < -0.39 is 5.97 Å². The summed E-state index contributed by atoms with van der Waals surface area (Å²) in [5.74, 6) is 0.161. The van der Waals surface area contributed by atoms with Gasteiger partial charge < -0.3 is 5.11 Å². The number of carboxylic acid groups (broad SMARTS) is 1. The van der Waals surface area contributed by atoms with Gasteiger partial charge in [-0.15, -0.1) is 0 Å². The van der Waals surface area contributed by atoms with Crippen molar-refractivity contribution in [3.8, 4) is 0 Å². The third-order valence-electron chi connectivity index (χ3n) is 1.05. The Hall–Kier alpha value is 0.820. The number of carboxylic acids is 1. The van der Waals surface area contributed by atoms with E-state index in [0.29, 0.717) is 6.42 Å². The first-order chi connectivity index (χ1) is 4.27. The number of carbonyl (C=O) groups is 1. The van der Waals surface area contributed by atoms with Crippen LogP contribution in [0.3, 0.4) is 0 Å². The van der Waals surface area contributed by atoms with Crippen molar-refractivity contribution in [3.63, 3.8) is 0 Å². The van der Waals surface area contributed by atoms with E-state index in [1.54, 1.807) is 0 Å². The second kappa shape index (κ2) is 9.82. The van der Waals surface area contributed by atoms with Gasteiger partial charge in [-0.2, -0.15) is 12.6 Å². The monoisotopic (exact) mass is 172 g/mol. The minimum atomic E-state index is -0.700. The molecule has 0 bridgehead atoms. The fourth-order valence-electron chi connectivity index (χ4n) is 0.565. The Morgan fingerprint density at radius 2 is 1.90 bits per heavy atom. The molecule has 0 aliphatic carbocycles. The zero-order valence-corrected chi connectivity index (χ0v) is 6.23. The van der Waals surface area contributed by atoms with E-state index in [0.717, 1.165) is 25.0 Å². The Morgan fingerprint density at radius 1 is 1.30 bits per heavy atom. The third-order valence-corrected chi connectivity index (χ3v) is 1.36. The summed E-state index contributed by atoms with van der Waals surface area (Å²) in [7, 11) is 0. The predicted octanol–water partition coefficient (Wildman–Crippen LogP) is 0.913. The zero-order valence-electron chi connectivity index (χ0n) is 5.34. The summed E-state index contributed by atoms with van der Waals surface area (Å²) >= 11 is 4.00. The van der Waals surface area contributed by atoms with E-state index in [-0.39, 0.29) is 29.6 Å². The molecular formula is C6H13NaO2S. The van der Waals surface area contributed by atoms with Crippen LogP contribution in [0.4, 0.5) is 0 Å². The molecule has 0 aromatic heterocycles. The Bertz CT molecular complexity index is 87.8. The van der Waals surface area contributed by atoms with E-state index in [2.05, 4.69) is 12.6 Å². The number of aliphatic carboxylic acids is 1. The van der Waals surface area contributed by atoms with E-state index in [1.807, 2.05) is 0 Å².